The second-order valence-corrected chi connectivity index (χ2v) is 6.94. The molecule has 29 heavy (non-hydrogen) atoms. The van der Waals surface area contributed by atoms with Crippen molar-refractivity contribution >= 4 is 0 Å². The van der Waals surface area contributed by atoms with E-state index >= 15 is 0 Å². The van der Waals surface area contributed by atoms with E-state index in [2.05, 4.69) is 39.6 Å². The highest BCUT2D eigenvalue weighted by molar-refractivity contribution is 5.65. The van der Waals surface area contributed by atoms with E-state index in [9.17, 15) is 0 Å². The van der Waals surface area contributed by atoms with Crippen LogP contribution in [-0.4, -0.2) is 43.9 Å². The molecule has 0 aliphatic carbocycles. The number of ether oxygens (including phenoxy) is 3. The van der Waals surface area contributed by atoms with E-state index in [1.54, 1.807) is 14.2 Å². The lowest BCUT2D eigenvalue weighted by Gasteiger charge is -2.24. The van der Waals surface area contributed by atoms with E-state index in [4.69, 9.17) is 14.2 Å². The summed E-state index contributed by atoms with van der Waals surface area (Å²) in [6.45, 7) is 2.54. The molecule has 1 aliphatic heterocycles. The van der Waals surface area contributed by atoms with Crippen molar-refractivity contribution in [3.05, 3.63) is 71.8 Å². The number of nitrogens with zero attached hydrogens (tertiary/aromatic N) is 2. The molecule has 1 N–H and O–H groups in total. The molecule has 4 rings (SSSR count). The van der Waals surface area contributed by atoms with E-state index in [0.717, 1.165) is 36.6 Å². The lowest BCUT2D eigenvalue weighted by Crippen LogP contribution is -2.33. The Hall–Kier alpha value is -2.96. The minimum atomic E-state index is 0.134. The van der Waals surface area contributed by atoms with Gasteiger partial charge in [-0.3, -0.25) is 0 Å². The average molecular weight is 391 g/mol. The summed E-state index contributed by atoms with van der Waals surface area (Å²) in [5.41, 5.74) is 4.30. The highest BCUT2D eigenvalue weighted by atomic mass is 16.5. The van der Waals surface area contributed by atoms with E-state index in [0.29, 0.717) is 17.9 Å². The van der Waals surface area contributed by atoms with Crippen molar-refractivity contribution in [3.8, 4) is 22.6 Å². The Morgan fingerprint density at radius 3 is 2.38 bits per heavy atom. The molecule has 150 valence electrons. The summed E-state index contributed by atoms with van der Waals surface area (Å²) in [6, 6.07) is 14.3. The van der Waals surface area contributed by atoms with E-state index in [1.165, 1.54) is 11.1 Å². The first-order valence-corrected chi connectivity index (χ1v) is 9.71. The minimum Gasteiger partial charge on any atom is -0.493 e. The van der Waals surface area contributed by atoms with Gasteiger partial charge in [-0.2, -0.15) is 0 Å². The fourth-order valence-electron chi connectivity index (χ4n) is 3.42. The standard InChI is InChI=1S/C23H25N3O3/c1-27-20-8-7-18(12-21(20)28-2)19-13-25-23(26-14-19)11-16-3-5-17(6-4-16)22-15-24-9-10-29-22/h3-8,12-14,22,24H,9-11,15H2,1-2H3/t22-/m1/s1. The molecule has 3 aromatic rings. The van der Waals surface area contributed by atoms with Crippen molar-refractivity contribution in [1.82, 2.24) is 15.3 Å². The number of morpholine rings is 1. The van der Waals surface area contributed by atoms with Crippen LogP contribution in [0.25, 0.3) is 11.1 Å². The fourth-order valence-corrected chi connectivity index (χ4v) is 3.42. The Morgan fingerprint density at radius 2 is 1.72 bits per heavy atom. The number of rotatable bonds is 6. The Bertz CT molecular complexity index is 937. The molecule has 2 heterocycles. The largest absolute Gasteiger partial charge is 0.493 e. The first-order chi connectivity index (χ1) is 14.3. The molecule has 1 aliphatic rings. The molecule has 0 amide bonds. The van der Waals surface area contributed by atoms with Crippen LogP contribution < -0.4 is 14.8 Å². The van der Waals surface area contributed by atoms with Crippen molar-refractivity contribution < 1.29 is 14.2 Å². The predicted molar refractivity (Wildman–Crippen MR) is 111 cm³/mol. The fraction of sp³-hybridized carbons (Fsp3) is 0.304. The third-order valence-corrected chi connectivity index (χ3v) is 5.06. The topological polar surface area (TPSA) is 65.5 Å². The zero-order valence-corrected chi connectivity index (χ0v) is 16.7. The molecule has 0 saturated carbocycles. The zero-order chi connectivity index (χ0) is 20.1. The van der Waals surface area contributed by atoms with Gasteiger partial charge >= 0.3 is 0 Å². The van der Waals surface area contributed by atoms with Gasteiger partial charge in [0.15, 0.2) is 11.5 Å². The molecule has 0 bridgehead atoms. The maximum absolute atomic E-state index is 5.80. The molecule has 0 radical (unpaired) electrons. The van der Waals surface area contributed by atoms with Crippen LogP contribution in [0.5, 0.6) is 11.5 Å². The van der Waals surface area contributed by atoms with Crippen LogP contribution in [0.1, 0.15) is 23.1 Å². The van der Waals surface area contributed by atoms with E-state index in [-0.39, 0.29) is 6.10 Å². The van der Waals surface area contributed by atoms with Gasteiger partial charge in [0.2, 0.25) is 0 Å². The van der Waals surface area contributed by atoms with Gasteiger partial charge in [-0.1, -0.05) is 30.3 Å². The van der Waals surface area contributed by atoms with Gasteiger partial charge < -0.3 is 19.5 Å². The summed E-state index contributed by atoms with van der Waals surface area (Å²) >= 11 is 0. The van der Waals surface area contributed by atoms with Gasteiger partial charge in [-0.25, -0.2) is 9.97 Å². The lowest BCUT2D eigenvalue weighted by molar-refractivity contribution is 0.0277. The van der Waals surface area contributed by atoms with Crippen LogP contribution in [0.3, 0.4) is 0 Å². The molecule has 1 aromatic heterocycles. The van der Waals surface area contributed by atoms with Crippen molar-refractivity contribution in [1.29, 1.82) is 0 Å². The van der Waals surface area contributed by atoms with Gasteiger partial charge in [-0.05, 0) is 28.8 Å². The van der Waals surface area contributed by atoms with Crippen molar-refractivity contribution in [2.75, 3.05) is 33.9 Å². The van der Waals surface area contributed by atoms with Gasteiger partial charge in [0.25, 0.3) is 0 Å². The molecule has 1 saturated heterocycles. The Balaban J connectivity index is 1.44. The summed E-state index contributed by atoms with van der Waals surface area (Å²) in [6.07, 6.45) is 4.52. The van der Waals surface area contributed by atoms with Gasteiger partial charge in [0.05, 0.1) is 26.9 Å². The number of nitrogens with one attached hydrogen (secondary N) is 1. The summed E-state index contributed by atoms with van der Waals surface area (Å²) < 4.78 is 16.5. The van der Waals surface area contributed by atoms with Gasteiger partial charge in [0.1, 0.15) is 5.82 Å². The first-order valence-electron chi connectivity index (χ1n) is 9.71. The third kappa shape index (κ3) is 4.55. The van der Waals surface area contributed by atoms with Crippen LogP contribution >= 0.6 is 0 Å². The second-order valence-electron chi connectivity index (χ2n) is 6.94. The van der Waals surface area contributed by atoms with E-state index < -0.39 is 0 Å². The molecule has 1 fully saturated rings. The SMILES string of the molecule is COc1ccc(-c2cnc(Cc3ccc([C@H]4CNCCO4)cc3)nc2)cc1OC. The summed E-state index contributed by atoms with van der Waals surface area (Å²) in [5.74, 6) is 2.18. The number of hydrogen-bond donors (Lipinski definition) is 1. The van der Waals surface area contributed by atoms with Crippen LogP contribution in [0.2, 0.25) is 0 Å². The Kier molecular flexibility index (Phi) is 6.03. The molecule has 6 nitrogen and oxygen atoms in total. The quantitative estimate of drug-likeness (QED) is 0.695. The number of hydrogen-bond acceptors (Lipinski definition) is 6. The van der Waals surface area contributed by atoms with Crippen molar-refractivity contribution in [3.63, 3.8) is 0 Å². The molecule has 0 unspecified atom stereocenters. The second kappa shape index (κ2) is 9.03. The predicted octanol–water partition coefficient (Wildman–Crippen LogP) is 3.41. The van der Waals surface area contributed by atoms with Crippen LogP contribution in [-0.2, 0) is 11.2 Å². The molecule has 1 atom stereocenters. The van der Waals surface area contributed by atoms with Crippen LogP contribution in [0.4, 0.5) is 0 Å². The average Bonchev–Trinajstić information content (AvgIpc) is 2.80. The summed E-state index contributed by atoms with van der Waals surface area (Å²) in [7, 11) is 3.25. The number of methoxy groups -OCH3 is 2. The first kappa shape index (κ1) is 19.4. The molecule has 0 spiro atoms. The number of benzene rings is 2. The maximum Gasteiger partial charge on any atom is 0.161 e. The molecular formula is C23H25N3O3. The van der Waals surface area contributed by atoms with Gasteiger partial charge in [-0.15, -0.1) is 0 Å². The lowest BCUT2D eigenvalue weighted by atomic mass is 10.0. The minimum absolute atomic E-state index is 0.134. The van der Waals surface area contributed by atoms with Crippen LogP contribution in [0.15, 0.2) is 54.9 Å². The monoisotopic (exact) mass is 391 g/mol. The van der Waals surface area contributed by atoms with E-state index in [1.807, 2.05) is 30.6 Å². The van der Waals surface area contributed by atoms with Crippen LogP contribution in [0, 0.1) is 0 Å². The maximum atomic E-state index is 5.80. The third-order valence-electron chi connectivity index (χ3n) is 5.06. The Morgan fingerprint density at radius 1 is 0.966 bits per heavy atom. The highest BCUT2D eigenvalue weighted by Gasteiger charge is 2.15. The Labute approximate surface area is 170 Å². The smallest absolute Gasteiger partial charge is 0.161 e. The van der Waals surface area contributed by atoms with Crippen molar-refractivity contribution in [2.45, 2.75) is 12.5 Å². The highest BCUT2D eigenvalue weighted by Crippen LogP contribution is 2.31. The summed E-state index contributed by atoms with van der Waals surface area (Å²) in [5, 5.41) is 3.36. The van der Waals surface area contributed by atoms with Gasteiger partial charge in [0, 0.05) is 37.5 Å². The normalized spacial score (nSPS) is 16.4. The summed E-state index contributed by atoms with van der Waals surface area (Å²) in [4.78, 5) is 9.09. The molecule has 2 aromatic carbocycles. The molecule has 6 heteroatoms. The zero-order valence-electron chi connectivity index (χ0n) is 16.7. The molecular weight excluding hydrogens is 366 g/mol. The number of aromatic nitrogens is 2. The van der Waals surface area contributed by atoms with Crippen molar-refractivity contribution in [2.24, 2.45) is 0 Å².